The number of nitrogens with one attached hydrogen (secondary N) is 2. The second-order valence-corrected chi connectivity index (χ2v) is 5.66. The summed E-state index contributed by atoms with van der Waals surface area (Å²) < 4.78 is 13.5. The summed E-state index contributed by atoms with van der Waals surface area (Å²) in [7, 11) is 0. The molecule has 3 N–H and O–H groups in total. The van der Waals surface area contributed by atoms with Gasteiger partial charge in [-0.05, 0) is 31.0 Å². The maximum Gasteiger partial charge on any atom is 0.319 e. The number of carbonyl (C=O) groups is 2. The summed E-state index contributed by atoms with van der Waals surface area (Å²) >= 11 is 5.62. The van der Waals surface area contributed by atoms with Gasteiger partial charge in [0, 0.05) is 11.6 Å². The van der Waals surface area contributed by atoms with Crippen molar-refractivity contribution in [3.63, 3.8) is 0 Å². The van der Waals surface area contributed by atoms with E-state index in [2.05, 4.69) is 10.6 Å². The smallest absolute Gasteiger partial charge is 0.319 e. The molecular weight excluding hydrogens is 299 g/mol. The molecule has 0 radical (unpaired) electrons. The lowest BCUT2D eigenvalue weighted by molar-refractivity contribution is -0.148. The van der Waals surface area contributed by atoms with E-state index < -0.39 is 23.2 Å². The standard InChI is InChI=1S/C14H16ClFN2O3/c15-9-3-4-11(10(16)7-9)18-13(21)17-8-14(12(19)20)5-1-2-6-14/h3-4,7H,1-2,5-6,8H2,(H,19,20)(H2,17,18,21). The van der Waals surface area contributed by atoms with Crippen molar-refractivity contribution in [3.8, 4) is 0 Å². The van der Waals surface area contributed by atoms with Gasteiger partial charge in [0.05, 0.1) is 11.1 Å². The van der Waals surface area contributed by atoms with Crippen LogP contribution in [0.2, 0.25) is 5.02 Å². The number of carboxylic acid groups (broad SMARTS) is 1. The highest BCUT2D eigenvalue weighted by Crippen LogP contribution is 2.37. The van der Waals surface area contributed by atoms with Crippen LogP contribution in [0.4, 0.5) is 14.9 Å². The maximum atomic E-state index is 13.5. The van der Waals surface area contributed by atoms with Gasteiger partial charge in [-0.1, -0.05) is 24.4 Å². The highest BCUT2D eigenvalue weighted by Gasteiger charge is 2.41. The van der Waals surface area contributed by atoms with Crippen LogP contribution in [0.1, 0.15) is 25.7 Å². The number of amides is 2. The van der Waals surface area contributed by atoms with Crippen molar-refractivity contribution in [3.05, 3.63) is 29.0 Å². The first-order chi connectivity index (χ1) is 9.93. The minimum absolute atomic E-state index is 0.00676. The van der Waals surface area contributed by atoms with Crippen molar-refractivity contribution in [1.82, 2.24) is 5.32 Å². The summed E-state index contributed by atoms with van der Waals surface area (Å²) in [5.74, 6) is -1.55. The Bertz CT molecular complexity index is 559. The lowest BCUT2D eigenvalue weighted by atomic mass is 9.86. The van der Waals surface area contributed by atoms with E-state index in [0.29, 0.717) is 12.8 Å². The first-order valence-corrected chi connectivity index (χ1v) is 7.04. The predicted octanol–water partition coefficient (Wildman–Crippen LogP) is 3.25. The van der Waals surface area contributed by atoms with Crippen molar-refractivity contribution < 1.29 is 19.1 Å². The third-order valence-corrected chi connectivity index (χ3v) is 4.02. The number of carbonyl (C=O) groups excluding carboxylic acids is 1. The molecule has 0 spiro atoms. The Balaban J connectivity index is 1.94. The highest BCUT2D eigenvalue weighted by molar-refractivity contribution is 6.30. The Labute approximate surface area is 126 Å². The lowest BCUT2D eigenvalue weighted by Crippen LogP contribution is -2.42. The first kappa shape index (κ1) is 15.6. The molecule has 1 saturated carbocycles. The number of aliphatic carboxylic acids is 1. The van der Waals surface area contributed by atoms with E-state index in [0.717, 1.165) is 18.9 Å². The molecule has 7 heteroatoms. The molecule has 1 aromatic carbocycles. The van der Waals surface area contributed by atoms with Crippen LogP contribution in [0.15, 0.2) is 18.2 Å². The molecule has 0 aromatic heterocycles. The zero-order chi connectivity index (χ0) is 15.5. The topological polar surface area (TPSA) is 78.4 Å². The molecule has 0 saturated heterocycles. The summed E-state index contributed by atoms with van der Waals surface area (Å²) in [5, 5.41) is 14.4. The summed E-state index contributed by atoms with van der Waals surface area (Å²) in [6.07, 6.45) is 2.75. The first-order valence-electron chi connectivity index (χ1n) is 6.66. The fourth-order valence-corrected chi connectivity index (χ4v) is 2.68. The van der Waals surface area contributed by atoms with Gasteiger partial charge in [0.1, 0.15) is 5.82 Å². The number of hydrogen-bond acceptors (Lipinski definition) is 2. The van der Waals surface area contributed by atoms with Gasteiger partial charge < -0.3 is 15.7 Å². The zero-order valence-corrected chi connectivity index (χ0v) is 12.0. The normalized spacial score (nSPS) is 16.5. The van der Waals surface area contributed by atoms with Gasteiger partial charge in [0.25, 0.3) is 0 Å². The number of hydrogen-bond donors (Lipinski definition) is 3. The molecule has 114 valence electrons. The Hall–Kier alpha value is -1.82. The van der Waals surface area contributed by atoms with Crippen LogP contribution < -0.4 is 10.6 Å². The highest BCUT2D eigenvalue weighted by atomic mass is 35.5. The average molecular weight is 315 g/mol. The number of halogens is 2. The van der Waals surface area contributed by atoms with Crippen LogP contribution in [-0.4, -0.2) is 23.7 Å². The molecule has 5 nitrogen and oxygen atoms in total. The summed E-state index contributed by atoms with van der Waals surface area (Å²) in [6, 6.07) is 3.26. The van der Waals surface area contributed by atoms with Crippen LogP contribution in [0, 0.1) is 11.2 Å². The molecule has 2 rings (SSSR count). The Morgan fingerprint density at radius 2 is 2.00 bits per heavy atom. The SMILES string of the molecule is O=C(NCC1(C(=O)O)CCCC1)Nc1ccc(Cl)cc1F. The fourth-order valence-electron chi connectivity index (χ4n) is 2.52. The second kappa shape index (κ2) is 6.30. The van der Waals surface area contributed by atoms with Crippen molar-refractivity contribution in [1.29, 1.82) is 0 Å². The van der Waals surface area contributed by atoms with E-state index in [-0.39, 0.29) is 17.3 Å². The Kier molecular flexibility index (Phi) is 4.67. The van der Waals surface area contributed by atoms with E-state index in [4.69, 9.17) is 11.6 Å². The average Bonchev–Trinajstić information content (AvgIpc) is 2.90. The van der Waals surface area contributed by atoms with Gasteiger partial charge in [-0.15, -0.1) is 0 Å². The Morgan fingerprint density at radius 1 is 1.33 bits per heavy atom. The van der Waals surface area contributed by atoms with E-state index in [1.807, 2.05) is 0 Å². The van der Waals surface area contributed by atoms with Crippen LogP contribution in [0.25, 0.3) is 0 Å². The van der Waals surface area contributed by atoms with Gasteiger partial charge >= 0.3 is 12.0 Å². The van der Waals surface area contributed by atoms with Gasteiger partial charge in [-0.25, -0.2) is 9.18 Å². The zero-order valence-electron chi connectivity index (χ0n) is 11.3. The number of benzene rings is 1. The quantitative estimate of drug-likeness (QED) is 0.798. The largest absolute Gasteiger partial charge is 0.481 e. The molecule has 1 aliphatic rings. The van der Waals surface area contributed by atoms with Crippen LogP contribution in [0.5, 0.6) is 0 Å². The van der Waals surface area contributed by atoms with Crippen molar-refractivity contribution in [2.24, 2.45) is 5.41 Å². The maximum absolute atomic E-state index is 13.5. The Morgan fingerprint density at radius 3 is 2.57 bits per heavy atom. The third kappa shape index (κ3) is 3.64. The number of carboxylic acids is 1. The van der Waals surface area contributed by atoms with Crippen LogP contribution >= 0.6 is 11.6 Å². The monoisotopic (exact) mass is 314 g/mol. The van der Waals surface area contributed by atoms with Crippen molar-refractivity contribution >= 4 is 29.3 Å². The molecule has 1 aromatic rings. The minimum atomic E-state index is -0.907. The van der Waals surface area contributed by atoms with Crippen LogP contribution in [0.3, 0.4) is 0 Å². The summed E-state index contributed by atoms with van der Waals surface area (Å²) in [4.78, 5) is 23.1. The fraction of sp³-hybridized carbons (Fsp3) is 0.429. The molecular formula is C14H16ClFN2O3. The van der Waals surface area contributed by atoms with E-state index in [1.165, 1.54) is 12.1 Å². The number of anilines is 1. The van der Waals surface area contributed by atoms with Gasteiger partial charge in [-0.2, -0.15) is 0 Å². The molecule has 1 aliphatic carbocycles. The van der Waals surface area contributed by atoms with Crippen molar-refractivity contribution in [2.45, 2.75) is 25.7 Å². The molecule has 1 fully saturated rings. The molecule has 0 bridgehead atoms. The summed E-state index contributed by atoms with van der Waals surface area (Å²) in [6.45, 7) is 0.0311. The molecule has 0 aliphatic heterocycles. The van der Waals surface area contributed by atoms with Gasteiger partial charge in [0.2, 0.25) is 0 Å². The molecule has 0 heterocycles. The molecule has 21 heavy (non-hydrogen) atoms. The van der Waals surface area contributed by atoms with E-state index in [9.17, 15) is 19.1 Å². The van der Waals surface area contributed by atoms with E-state index >= 15 is 0 Å². The third-order valence-electron chi connectivity index (χ3n) is 3.78. The van der Waals surface area contributed by atoms with Crippen LogP contribution in [-0.2, 0) is 4.79 Å². The van der Waals surface area contributed by atoms with Gasteiger partial charge in [0.15, 0.2) is 0 Å². The summed E-state index contributed by atoms with van der Waals surface area (Å²) in [5.41, 5.74) is -0.914. The molecule has 0 atom stereocenters. The second-order valence-electron chi connectivity index (χ2n) is 5.22. The molecule has 0 unspecified atom stereocenters. The predicted molar refractivity (Wildman–Crippen MR) is 77.0 cm³/mol. The van der Waals surface area contributed by atoms with E-state index in [1.54, 1.807) is 0 Å². The minimum Gasteiger partial charge on any atom is -0.481 e. The van der Waals surface area contributed by atoms with Crippen molar-refractivity contribution in [2.75, 3.05) is 11.9 Å². The number of rotatable bonds is 4. The van der Waals surface area contributed by atoms with Gasteiger partial charge in [-0.3, -0.25) is 4.79 Å². The lowest BCUT2D eigenvalue weighted by Gasteiger charge is -2.24. The molecule has 2 amide bonds. The number of urea groups is 1.